The lowest BCUT2D eigenvalue weighted by Gasteiger charge is -2.09. The number of rotatable bonds is 3. The van der Waals surface area contributed by atoms with Gasteiger partial charge in [0.2, 0.25) is 0 Å². The van der Waals surface area contributed by atoms with Crippen molar-refractivity contribution in [3.05, 3.63) is 45.5 Å². The Hall–Kier alpha value is -1.35. The number of aryl methyl sites for hydroxylation is 3. The summed E-state index contributed by atoms with van der Waals surface area (Å²) in [5, 5.41) is 6.20. The monoisotopic (exact) mass is 246 g/mol. The first-order valence-electron chi connectivity index (χ1n) is 5.79. The number of nitrogens with zero attached hydrogens (tertiary/aromatic N) is 1. The molecule has 0 fully saturated rings. The summed E-state index contributed by atoms with van der Waals surface area (Å²) < 4.78 is 0. The van der Waals surface area contributed by atoms with Gasteiger partial charge in [0.1, 0.15) is 0 Å². The Morgan fingerprint density at radius 1 is 1.18 bits per heavy atom. The summed E-state index contributed by atoms with van der Waals surface area (Å²) in [6.45, 7) is 6.51. The van der Waals surface area contributed by atoms with Crippen molar-refractivity contribution >= 4 is 16.5 Å². The van der Waals surface area contributed by atoms with E-state index in [-0.39, 0.29) is 0 Å². The molecule has 0 atom stereocenters. The third kappa shape index (κ3) is 2.67. The molecule has 17 heavy (non-hydrogen) atoms. The highest BCUT2D eigenvalue weighted by atomic mass is 32.1. The van der Waals surface area contributed by atoms with Gasteiger partial charge < -0.3 is 5.32 Å². The van der Waals surface area contributed by atoms with E-state index in [4.69, 9.17) is 0 Å². The molecule has 0 saturated heterocycles. The van der Waals surface area contributed by atoms with Crippen LogP contribution in [0.15, 0.2) is 17.5 Å². The van der Waals surface area contributed by atoms with Gasteiger partial charge in [0.25, 0.3) is 0 Å². The van der Waals surface area contributed by atoms with Crippen LogP contribution in [-0.2, 0) is 6.42 Å². The van der Waals surface area contributed by atoms with Crippen LogP contribution in [0.5, 0.6) is 0 Å². The lowest BCUT2D eigenvalue weighted by atomic mass is 9.96. The summed E-state index contributed by atoms with van der Waals surface area (Å²) in [7, 11) is 1.91. The molecular weight excluding hydrogens is 228 g/mol. The largest absolute Gasteiger partial charge is 0.365 e. The van der Waals surface area contributed by atoms with Crippen molar-refractivity contribution in [3.8, 4) is 0 Å². The highest BCUT2D eigenvalue weighted by Crippen LogP contribution is 2.22. The fraction of sp³-hybridized carbons (Fsp3) is 0.357. The average Bonchev–Trinajstić information content (AvgIpc) is 2.71. The minimum atomic E-state index is 0.927. The van der Waals surface area contributed by atoms with Gasteiger partial charge in [-0.1, -0.05) is 17.7 Å². The van der Waals surface area contributed by atoms with Crippen molar-refractivity contribution in [2.24, 2.45) is 0 Å². The topological polar surface area (TPSA) is 24.9 Å². The molecule has 0 aliphatic heterocycles. The molecule has 0 spiro atoms. The minimum Gasteiger partial charge on any atom is -0.365 e. The molecule has 1 aromatic heterocycles. The molecule has 1 aromatic carbocycles. The van der Waals surface area contributed by atoms with Crippen LogP contribution >= 0.6 is 11.3 Å². The number of benzene rings is 1. The first kappa shape index (κ1) is 12.1. The molecule has 90 valence electrons. The van der Waals surface area contributed by atoms with Crippen LogP contribution in [-0.4, -0.2) is 12.0 Å². The van der Waals surface area contributed by atoms with Gasteiger partial charge >= 0.3 is 0 Å². The molecule has 0 unspecified atom stereocenters. The molecule has 3 heteroatoms. The van der Waals surface area contributed by atoms with E-state index in [1.54, 1.807) is 11.3 Å². The number of anilines is 1. The van der Waals surface area contributed by atoms with Crippen LogP contribution < -0.4 is 5.32 Å². The first-order valence-corrected chi connectivity index (χ1v) is 6.67. The van der Waals surface area contributed by atoms with Crippen molar-refractivity contribution < 1.29 is 0 Å². The first-order chi connectivity index (χ1) is 8.10. The van der Waals surface area contributed by atoms with Crippen molar-refractivity contribution in [2.45, 2.75) is 27.2 Å². The summed E-state index contributed by atoms with van der Waals surface area (Å²) in [6.07, 6.45) is 0.927. The van der Waals surface area contributed by atoms with Crippen LogP contribution in [0.25, 0.3) is 0 Å². The van der Waals surface area contributed by atoms with E-state index in [2.05, 4.69) is 48.6 Å². The van der Waals surface area contributed by atoms with E-state index >= 15 is 0 Å². The number of hydrogen-bond acceptors (Lipinski definition) is 3. The molecule has 0 aliphatic carbocycles. The number of aromatic nitrogens is 1. The van der Waals surface area contributed by atoms with E-state index in [1.165, 1.54) is 22.3 Å². The van der Waals surface area contributed by atoms with Crippen molar-refractivity contribution in [1.29, 1.82) is 0 Å². The number of hydrogen-bond donors (Lipinski definition) is 1. The number of thiazole rings is 1. The van der Waals surface area contributed by atoms with E-state index in [9.17, 15) is 0 Å². The maximum Gasteiger partial charge on any atom is 0.182 e. The Morgan fingerprint density at radius 2 is 1.82 bits per heavy atom. The Kier molecular flexibility index (Phi) is 3.48. The molecule has 0 bridgehead atoms. The molecule has 0 saturated carbocycles. The second-order valence-electron chi connectivity index (χ2n) is 4.45. The Balaban J connectivity index is 2.29. The van der Waals surface area contributed by atoms with Crippen LogP contribution in [0.2, 0.25) is 0 Å². The highest BCUT2D eigenvalue weighted by molar-refractivity contribution is 7.13. The zero-order valence-electron chi connectivity index (χ0n) is 10.8. The maximum atomic E-state index is 4.54. The fourth-order valence-electron chi connectivity index (χ4n) is 2.17. The maximum absolute atomic E-state index is 4.54. The van der Waals surface area contributed by atoms with E-state index in [0.717, 1.165) is 17.2 Å². The average molecular weight is 246 g/mol. The van der Waals surface area contributed by atoms with Crippen LogP contribution in [0.3, 0.4) is 0 Å². The second kappa shape index (κ2) is 4.88. The van der Waals surface area contributed by atoms with Crippen molar-refractivity contribution in [1.82, 2.24) is 4.98 Å². The van der Waals surface area contributed by atoms with Gasteiger partial charge in [-0.15, -0.1) is 11.3 Å². The van der Waals surface area contributed by atoms with Crippen LogP contribution in [0, 0.1) is 20.8 Å². The van der Waals surface area contributed by atoms with E-state index < -0.39 is 0 Å². The number of nitrogens with one attached hydrogen (secondary N) is 1. The van der Waals surface area contributed by atoms with Gasteiger partial charge in [0, 0.05) is 18.8 Å². The predicted octanol–water partition coefficient (Wildman–Crippen LogP) is 3.70. The highest BCUT2D eigenvalue weighted by Gasteiger charge is 2.07. The standard InChI is InChI=1S/C14H18N2S/c1-9-5-10(2)13(11(3)6-9)7-12-8-17-14(15-4)16-12/h5-6,8H,7H2,1-4H3,(H,15,16). The summed E-state index contributed by atoms with van der Waals surface area (Å²) in [6, 6.07) is 4.49. The molecule has 2 nitrogen and oxygen atoms in total. The molecule has 2 aromatic rings. The van der Waals surface area contributed by atoms with Crippen LogP contribution in [0.1, 0.15) is 27.9 Å². The third-order valence-corrected chi connectivity index (χ3v) is 3.87. The Bertz CT molecular complexity index is 506. The van der Waals surface area contributed by atoms with Crippen molar-refractivity contribution in [2.75, 3.05) is 12.4 Å². The van der Waals surface area contributed by atoms with Gasteiger partial charge in [-0.25, -0.2) is 4.98 Å². The van der Waals surface area contributed by atoms with Gasteiger partial charge in [0.15, 0.2) is 5.13 Å². The summed E-state index contributed by atoms with van der Waals surface area (Å²) >= 11 is 1.66. The van der Waals surface area contributed by atoms with Gasteiger partial charge in [-0.2, -0.15) is 0 Å². The smallest absolute Gasteiger partial charge is 0.182 e. The van der Waals surface area contributed by atoms with E-state index in [1.807, 2.05) is 7.05 Å². The minimum absolute atomic E-state index is 0.927. The zero-order chi connectivity index (χ0) is 12.4. The van der Waals surface area contributed by atoms with Gasteiger partial charge in [-0.05, 0) is 37.5 Å². The molecule has 1 heterocycles. The summed E-state index contributed by atoms with van der Waals surface area (Å²) in [4.78, 5) is 4.54. The molecule has 0 radical (unpaired) electrons. The van der Waals surface area contributed by atoms with E-state index in [0.29, 0.717) is 0 Å². The molecular formula is C14H18N2S. The van der Waals surface area contributed by atoms with Gasteiger partial charge in [-0.3, -0.25) is 0 Å². The Labute approximate surface area is 107 Å². The Morgan fingerprint density at radius 3 is 2.35 bits per heavy atom. The SMILES string of the molecule is CNc1nc(Cc2c(C)cc(C)cc2C)cs1. The lowest BCUT2D eigenvalue weighted by Crippen LogP contribution is -1.97. The second-order valence-corrected chi connectivity index (χ2v) is 5.31. The van der Waals surface area contributed by atoms with Gasteiger partial charge in [0.05, 0.1) is 5.69 Å². The fourth-order valence-corrected chi connectivity index (χ4v) is 2.84. The summed E-state index contributed by atoms with van der Waals surface area (Å²) in [5.74, 6) is 0. The quantitative estimate of drug-likeness (QED) is 0.893. The zero-order valence-corrected chi connectivity index (χ0v) is 11.6. The van der Waals surface area contributed by atoms with Crippen LogP contribution in [0.4, 0.5) is 5.13 Å². The lowest BCUT2D eigenvalue weighted by molar-refractivity contribution is 1.06. The predicted molar refractivity (Wildman–Crippen MR) is 75.1 cm³/mol. The molecule has 2 rings (SSSR count). The van der Waals surface area contributed by atoms with Crippen molar-refractivity contribution in [3.63, 3.8) is 0 Å². The molecule has 0 aliphatic rings. The normalized spacial score (nSPS) is 10.6. The molecule has 1 N–H and O–H groups in total. The molecule has 0 amide bonds. The summed E-state index contributed by atoms with van der Waals surface area (Å²) in [5.41, 5.74) is 6.61. The third-order valence-electron chi connectivity index (χ3n) is 2.96.